The zero-order valence-electron chi connectivity index (χ0n) is 20.9. The van der Waals surface area contributed by atoms with Crippen molar-refractivity contribution in [3.63, 3.8) is 0 Å². The van der Waals surface area contributed by atoms with E-state index >= 15 is 0 Å². The van der Waals surface area contributed by atoms with Gasteiger partial charge in [-0.05, 0) is 61.1 Å². The Kier molecular flexibility index (Phi) is 16.6. The molecule has 0 spiro atoms. The minimum atomic E-state index is 0.689. The largest absolute Gasteiger partial charge is 0.492 e. The molecule has 0 saturated heterocycles. The molecule has 0 radical (unpaired) electrons. The van der Waals surface area contributed by atoms with Gasteiger partial charge in [0.15, 0.2) is 0 Å². The summed E-state index contributed by atoms with van der Waals surface area (Å²) in [4.78, 5) is 8.74. The van der Waals surface area contributed by atoms with Crippen LogP contribution in [0, 0.1) is 13.8 Å². The van der Waals surface area contributed by atoms with Crippen LogP contribution >= 0.6 is 0 Å². The van der Waals surface area contributed by atoms with Gasteiger partial charge in [-0.15, -0.1) is 0 Å². The van der Waals surface area contributed by atoms with Crippen LogP contribution < -0.4 is 4.74 Å². The standard InChI is InChI=1S/C22H24N2O.3C2H6/c1-17-15-23-16-18(2)20(17)10-7-13-25-22-11-6-12-24-21(22)14-19-8-4-3-5-9-19;3*1-2/h3-6,8-9,11-12,15-16H,7,10,13-14H2,1-2H3;3*1-2H3. The number of pyridine rings is 2. The van der Waals surface area contributed by atoms with Crippen LogP contribution in [0.3, 0.4) is 0 Å². The van der Waals surface area contributed by atoms with E-state index in [1.165, 1.54) is 22.3 Å². The zero-order valence-corrected chi connectivity index (χ0v) is 20.9. The van der Waals surface area contributed by atoms with E-state index in [4.69, 9.17) is 4.74 Å². The maximum Gasteiger partial charge on any atom is 0.141 e. The fourth-order valence-electron chi connectivity index (χ4n) is 3.03. The van der Waals surface area contributed by atoms with Crippen molar-refractivity contribution in [1.82, 2.24) is 9.97 Å². The Hall–Kier alpha value is -2.68. The summed E-state index contributed by atoms with van der Waals surface area (Å²) in [6.45, 7) is 16.9. The lowest BCUT2D eigenvalue weighted by molar-refractivity contribution is 0.306. The lowest BCUT2D eigenvalue weighted by atomic mass is 10.0. The summed E-state index contributed by atoms with van der Waals surface area (Å²) in [5, 5.41) is 0. The van der Waals surface area contributed by atoms with E-state index in [9.17, 15) is 0 Å². The van der Waals surface area contributed by atoms with Gasteiger partial charge < -0.3 is 4.74 Å². The van der Waals surface area contributed by atoms with Gasteiger partial charge in [0.05, 0.1) is 12.3 Å². The number of aromatic nitrogens is 2. The predicted molar refractivity (Wildman–Crippen MR) is 135 cm³/mol. The summed E-state index contributed by atoms with van der Waals surface area (Å²) < 4.78 is 6.03. The van der Waals surface area contributed by atoms with Gasteiger partial charge in [0, 0.05) is 25.0 Å². The Morgan fingerprint density at radius 1 is 0.774 bits per heavy atom. The number of nitrogens with zero attached hydrogens (tertiary/aromatic N) is 2. The van der Waals surface area contributed by atoms with Crippen molar-refractivity contribution in [2.45, 2.75) is 74.7 Å². The Labute approximate surface area is 190 Å². The molecule has 3 nitrogen and oxygen atoms in total. The molecule has 0 amide bonds. The molecule has 0 bridgehead atoms. The first kappa shape index (κ1) is 28.3. The molecule has 31 heavy (non-hydrogen) atoms. The van der Waals surface area contributed by atoms with Crippen molar-refractivity contribution in [2.75, 3.05) is 6.61 Å². The molecular formula is C28H42N2O. The number of hydrogen-bond donors (Lipinski definition) is 0. The Morgan fingerprint density at radius 2 is 1.39 bits per heavy atom. The summed E-state index contributed by atoms with van der Waals surface area (Å²) in [6, 6.07) is 14.3. The van der Waals surface area contributed by atoms with Gasteiger partial charge in [0.25, 0.3) is 0 Å². The molecule has 0 saturated carbocycles. The third-order valence-corrected chi connectivity index (χ3v) is 4.38. The van der Waals surface area contributed by atoms with E-state index in [0.29, 0.717) is 6.61 Å². The Morgan fingerprint density at radius 3 is 2.00 bits per heavy atom. The van der Waals surface area contributed by atoms with Gasteiger partial charge in [0.2, 0.25) is 0 Å². The molecule has 3 heteroatoms. The fraction of sp³-hybridized carbons (Fsp3) is 0.429. The second-order valence-electron chi connectivity index (χ2n) is 6.31. The van der Waals surface area contributed by atoms with Crippen molar-refractivity contribution in [3.05, 3.63) is 89.0 Å². The maximum atomic E-state index is 6.03. The van der Waals surface area contributed by atoms with Crippen molar-refractivity contribution in [1.29, 1.82) is 0 Å². The molecule has 1 aromatic carbocycles. The molecule has 0 fully saturated rings. The van der Waals surface area contributed by atoms with E-state index in [1.807, 2.05) is 78.3 Å². The molecule has 0 aliphatic rings. The average molecular weight is 423 g/mol. The first-order chi connectivity index (χ1) is 15.2. The van der Waals surface area contributed by atoms with Gasteiger partial charge in [-0.3, -0.25) is 9.97 Å². The fourth-order valence-corrected chi connectivity index (χ4v) is 3.03. The normalized spacial score (nSPS) is 9.16. The van der Waals surface area contributed by atoms with Crippen molar-refractivity contribution < 1.29 is 4.74 Å². The molecule has 170 valence electrons. The molecule has 2 aromatic heterocycles. The van der Waals surface area contributed by atoms with Crippen LogP contribution in [0.1, 0.15) is 75.9 Å². The van der Waals surface area contributed by atoms with E-state index in [0.717, 1.165) is 30.7 Å². The highest BCUT2D eigenvalue weighted by Crippen LogP contribution is 2.20. The van der Waals surface area contributed by atoms with Crippen LogP contribution in [0.5, 0.6) is 5.75 Å². The van der Waals surface area contributed by atoms with Crippen molar-refractivity contribution in [2.24, 2.45) is 0 Å². The lowest BCUT2D eigenvalue weighted by Gasteiger charge is -2.12. The highest BCUT2D eigenvalue weighted by atomic mass is 16.5. The van der Waals surface area contributed by atoms with E-state index in [2.05, 4.69) is 48.1 Å². The summed E-state index contributed by atoms with van der Waals surface area (Å²) in [6.07, 6.45) is 8.47. The SMILES string of the molecule is CC.CC.CC.Cc1cncc(C)c1CCCOc1cccnc1Cc1ccccc1. The van der Waals surface area contributed by atoms with Gasteiger partial charge >= 0.3 is 0 Å². The highest BCUT2D eigenvalue weighted by Gasteiger charge is 2.07. The number of aryl methyl sites for hydroxylation is 2. The van der Waals surface area contributed by atoms with Crippen LogP contribution in [-0.4, -0.2) is 16.6 Å². The van der Waals surface area contributed by atoms with E-state index in [-0.39, 0.29) is 0 Å². The molecule has 0 N–H and O–H groups in total. The lowest BCUT2D eigenvalue weighted by Crippen LogP contribution is -2.05. The van der Waals surface area contributed by atoms with Crippen LogP contribution in [0.2, 0.25) is 0 Å². The van der Waals surface area contributed by atoms with Gasteiger partial charge in [-0.25, -0.2) is 0 Å². The predicted octanol–water partition coefficient (Wildman–Crippen LogP) is 7.77. The van der Waals surface area contributed by atoms with E-state index < -0.39 is 0 Å². The average Bonchev–Trinajstić information content (AvgIpc) is 2.84. The minimum Gasteiger partial charge on any atom is -0.492 e. The molecule has 2 heterocycles. The monoisotopic (exact) mass is 422 g/mol. The zero-order chi connectivity index (χ0) is 23.5. The second kappa shape index (κ2) is 18.1. The van der Waals surface area contributed by atoms with Crippen LogP contribution in [0.25, 0.3) is 0 Å². The van der Waals surface area contributed by atoms with Crippen LogP contribution in [-0.2, 0) is 12.8 Å². The van der Waals surface area contributed by atoms with Crippen LogP contribution in [0.15, 0.2) is 61.1 Å². The van der Waals surface area contributed by atoms with Crippen molar-refractivity contribution >= 4 is 0 Å². The van der Waals surface area contributed by atoms with Gasteiger partial charge in [0.1, 0.15) is 5.75 Å². The first-order valence-electron chi connectivity index (χ1n) is 11.7. The summed E-state index contributed by atoms with van der Waals surface area (Å²) in [5.41, 5.74) is 6.13. The molecule has 0 atom stereocenters. The minimum absolute atomic E-state index is 0.689. The first-order valence-corrected chi connectivity index (χ1v) is 11.7. The maximum absolute atomic E-state index is 6.03. The third-order valence-electron chi connectivity index (χ3n) is 4.38. The summed E-state index contributed by atoms with van der Waals surface area (Å²) in [7, 11) is 0. The molecule has 3 rings (SSSR count). The number of hydrogen-bond acceptors (Lipinski definition) is 3. The number of benzene rings is 1. The molecule has 0 unspecified atom stereocenters. The quantitative estimate of drug-likeness (QED) is 0.365. The molecular weight excluding hydrogens is 380 g/mol. The van der Waals surface area contributed by atoms with Gasteiger partial charge in [-0.2, -0.15) is 0 Å². The van der Waals surface area contributed by atoms with Crippen LogP contribution in [0.4, 0.5) is 0 Å². The van der Waals surface area contributed by atoms with Crippen molar-refractivity contribution in [3.8, 4) is 5.75 Å². The second-order valence-corrected chi connectivity index (χ2v) is 6.31. The topological polar surface area (TPSA) is 35.0 Å². The van der Waals surface area contributed by atoms with E-state index in [1.54, 1.807) is 0 Å². The Balaban J connectivity index is 0.00000138. The van der Waals surface area contributed by atoms with Gasteiger partial charge in [-0.1, -0.05) is 71.9 Å². The summed E-state index contributed by atoms with van der Waals surface area (Å²) in [5.74, 6) is 0.884. The number of rotatable bonds is 7. The molecule has 3 aromatic rings. The smallest absolute Gasteiger partial charge is 0.141 e. The molecule has 0 aliphatic carbocycles. The third kappa shape index (κ3) is 10.3. The number of ether oxygens (including phenoxy) is 1. The Bertz CT molecular complexity index is 796. The highest BCUT2D eigenvalue weighted by molar-refractivity contribution is 5.32. The summed E-state index contributed by atoms with van der Waals surface area (Å²) >= 11 is 0. The molecule has 0 aliphatic heterocycles.